The minimum absolute atomic E-state index is 0.271. The third kappa shape index (κ3) is 1.32. The van der Waals surface area contributed by atoms with E-state index in [1.54, 1.807) is 0 Å². The fraction of sp³-hybridized carbons (Fsp3) is 0.667. The summed E-state index contributed by atoms with van der Waals surface area (Å²) in [6.07, 6.45) is 3.02. The minimum atomic E-state index is 0.271. The first-order chi connectivity index (χ1) is 3.93. The Morgan fingerprint density at radius 2 is 2.62 bits per heavy atom. The van der Waals surface area contributed by atoms with Gasteiger partial charge in [-0.2, -0.15) is 0 Å². The molecule has 0 N–H and O–H groups in total. The summed E-state index contributed by atoms with van der Waals surface area (Å²) in [6, 6.07) is 0. The zero-order chi connectivity index (χ0) is 5.82. The Morgan fingerprint density at radius 3 is 3.12 bits per heavy atom. The van der Waals surface area contributed by atoms with E-state index in [-0.39, 0.29) is 6.10 Å². The maximum absolute atomic E-state index is 5.10. The van der Waals surface area contributed by atoms with Gasteiger partial charge in [0.15, 0.2) is 0 Å². The molecule has 0 spiro atoms. The van der Waals surface area contributed by atoms with Crippen LogP contribution in [0.2, 0.25) is 0 Å². The van der Waals surface area contributed by atoms with Crippen molar-refractivity contribution in [3.63, 3.8) is 0 Å². The lowest BCUT2D eigenvalue weighted by molar-refractivity contribution is 0.0477. The Labute approximate surface area is 49.1 Å². The number of ether oxygens (including phenoxy) is 2. The van der Waals surface area contributed by atoms with E-state index in [0.717, 1.165) is 13.0 Å². The van der Waals surface area contributed by atoms with Gasteiger partial charge in [-0.15, -0.1) is 6.58 Å². The molecule has 1 saturated heterocycles. The van der Waals surface area contributed by atoms with Crippen molar-refractivity contribution in [2.75, 3.05) is 13.4 Å². The Balaban J connectivity index is 2.14. The van der Waals surface area contributed by atoms with Crippen LogP contribution in [0.3, 0.4) is 0 Å². The summed E-state index contributed by atoms with van der Waals surface area (Å²) in [5.74, 6) is 0. The molecular weight excluding hydrogens is 104 g/mol. The van der Waals surface area contributed by atoms with Crippen LogP contribution in [0.4, 0.5) is 0 Å². The van der Waals surface area contributed by atoms with E-state index in [9.17, 15) is 0 Å². The monoisotopic (exact) mass is 114 g/mol. The molecule has 46 valence electrons. The van der Waals surface area contributed by atoms with Crippen molar-refractivity contribution >= 4 is 0 Å². The minimum Gasteiger partial charge on any atom is -0.353 e. The van der Waals surface area contributed by atoms with Crippen LogP contribution < -0.4 is 0 Å². The quantitative estimate of drug-likeness (QED) is 0.497. The van der Waals surface area contributed by atoms with Gasteiger partial charge in [0.25, 0.3) is 0 Å². The molecule has 1 unspecified atom stereocenters. The van der Waals surface area contributed by atoms with E-state index in [1.165, 1.54) is 0 Å². The first-order valence-electron chi connectivity index (χ1n) is 2.73. The molecule has 1 aliphatic rings. The molecule has 2 heteroatoms. The predicted molar refractivity (Wildman–Crippen MR) is 30.5 cm³/mol. The number of hydrogen-bond donors (Lipinski definition) is 0. The van der Waals surface area contributed by atoms with Crippen molar-refractivity contribution in [1.82, 2.24) is 0 Å². The van der Waals surface area contributed by atoms with Crippen molar-refractivity contribution in [2.24, 2.45) is 0 Å². The van der Waals surface area contributed by atoms with Crippen LogP contribution >= 0.6 is 0 Å². The fourth-order valence-electron chi connectivity index (χ4n) is 0.694. The van der Waals surface area contributed by atoms with Crippen molar-refractivity contribution in [3.8, 4) is 0 Å². The van der Waals surface area contributed by atoms with E-state index in [4.69, 9.17) is 9.47 Å². The summed E-state index contributed by atoms with van der Waals surface area (Å²) < 4.78 is 10.0. The van der Waals surface area contributed by atoms with Gasteiger partial charge in [-0.3, -0.25) is 0 Å². The molecule has 8 heavy (non-hydrogen) atoms. The van der Waals surface area contributed by atoms with Gasteiger partial charge in [-0.1, -0.05) is 6.08 Å². The largest absolute Gasteiger partial charge is 0.353 e. The standard InChI is InChI=1S/C6H10O2/c1-2-3-6-4-7-5-8-6/h2,6H,1,3-5H2. The van der Waals surface area contributed by atoms with Gasteiger partial charge < -0.3 is 9.47 Å². The van der Waals surface area contributed by atoms with Crippen LogP contribution in [0.1, 0.15) is 6.42 Å². The summed E-state index contributed by atoms with van der Waals surface area (Å²) in [6.45, 7) is 4.77. The molecule has 0 aromatic rings. The third-order valence-electron chi connectivity index (χ3n) is 1.12. The molecule has 0 bridgehead atoms. The average molecular weight is 114 g/mol. The Hall–Kier alpha value is -0.340. The zero-order valence-corrected chi connectivity index (χ0v) is 4.80. The third-order valence-corrected chi connectivity index (χ3v) is 1.12. The molecule has 2 nitrogen and oxygen atoms in total. The van der Waals surface area contributed by atoms with Crippen LogP contribution in [0.15, 0.2) is 12.7 Å². The van der Waals surface area contributed by atoms with Gasteiger partial charge in [-0.05, 0) is 6.42 Å². The lowest BCUT2D eigenvalue weighted by atomic mass is 10.3. The summed E-state index contributed by atoms with van der Waals surface area (Å²) in [5, 5.41) is 0. The van der Waals surface area contributed by atoms with Gasteiger partial charge in [0.05, 0.1) is 12.7 Å². The zero-order valence-electron chi connectivity index (χ0n) is 4.80. The second kappa shape index (κ2) is 2.84. The van der Waals surface area contributed by atoms with Gasteiger partial charge in [0, 0.05) is 0 Å². The van der Waals surface area contributed by atoms with Crippen LogP contribution in [-0.4, -0.2) is 19.5 Å². The van der Waals surface area contributed by atoms with Crippen molar-refractivity contribution in [1.29, 1.82) is 0 Å². The Morgan fingerprint density at radius 1 is 1.75 bits per heavy atom. The molecular formula is C6H10O2. The highest BCUT2D eigenvalue weighted by atomic mass is 16.7. The lowest BCUT2D eigenvalue weighted by Gasteiger charge is -1.99. The van der Waals surface area contributed by atoms with E-state index in [1.807, 2.05) is 6.08 Å². The van der Waals surface area contributed by atoms with E-state index >= 15 is 0 Å². The van der Waals surface area contributed by atoms with Crippen LogP contribution in [-0.2, 0) is 9.47 Å². The molecule has 0 aromatic heterocycles. The summed E-state index contributed by atoms with van der Waals surface area (Å²) in [7, 11) is 0. The van der Waals surface area contributed by atoms with Gasteiger partial charge >= 0.3 is 0 Å². The highest BCUT2D eigenvalue weighted by Gasteiger charge is 2.12. The second-order valence-electron chi connectivity index (χ2n) is 1.80. The Kier molecular flexibility index (Phi) is 2.06. The van der Waals surface area contributed by atoms with Gasteiger partial charge in [0.2, 0.25) is 0 Å². The van der Waals surface area contributed by atoms with Crippen molar-refractivity contribution < 1.29 is 9.47 Å². The maximum atomic E-state index is 5.10. The molecule has 0 saturated carbocycles. The first kappa shape index (κ1) is 5.79. The average Bonchev–Trinajstić information content (AvgIpc) is 2.19. The maximum Gasteiger partial charge on any atom is 0.147 e. The Bertz CT molecular complexity index is 74.6. The summed E-state index contributed by atoms with van der Waals surface area (Å²) >= 11 is 0. The van der Waals surface area contributed by atoms with E-state index in [0.29, 0.717) is 6.79 Å². The molecule has 0 aliphatic carbocycles. The molecule has 0 amide bonds. The van der Waals surface area contributed by atoms with Crippen LogP contribution in [0, 0.1) is 0 Å². The molecule has 0 radical (unpaired) electrons. The number of rotatable bonds is 2. The molecule has 1 rings (SSSR count). The lowest BCUT2D eigenvalue weighted by Crippen LogP contribution is -2.06. The summed E-state index contributed by atoms with van der Waals surface area (Å²) in [5.41, 5.74) is 0. The summed E-state index contributed by atoms with van der Waals surface area (Å²) in [4.78, 5) is 0. The molecule has 0 aromatic carbocycles. The molecule has 1 heterocycles. The first-order valence-corrected chi connectivity index (χ1v) is 2.73. The van der Waals surface area contributed by atoms with Crippen molar-refractivity contribution in [3.05, 3.63) is 12.7 Å². The fourth-order valence-corrected chi connectivity index (χ4v) is 0.694. The molecule has 1 atom stereocenters. The van der Waals surface area contributed by atoms with Crippen LogP contribution in [0.5, 0.6) is 0 Å². The van der Waals surface area contributed by atoms with E-state index < -0.39 is 0 Å². The molecule has 1 fully saturated rings. The van der Waals surface area contributed by atoms with E-state index in [2.05, 4.69) is 6.58 Å². The smallest absolute Gasteiger partial charge is 0.147 e. The van der Waals surface area contributed by atoms with Gasteiger partial charge in [-0.25, -0.2) is 0 Å². The highest BCUT2D eigenvalue weighted by molar-refractivity contribution is 4.74. The predicted octanol–water partition coefficient (Wildman–Crippen LogP) is 0.935. The normalized spacial score (nSPS) is 28.2. The van der Waals surface area contributed by atoms with Crippen molar-refractivity contribution in [2.45, 2.75) is 12.5 Å². The topological polar surface area (TPSA) is 18.5 Å². The second-order valence-corrected chi connectivity index (χ2v) is 1.80. The highest BCUT2D eigenvalue weighted by Crippen LogP contribution is 2.06. The number of hydrogen-bond acceptors (Lipinski definition) is 2. The SMILES string of the molecule is C=CCC1COCO1. The van der Waals surface area contributed by atoms with Gasteiger partial charge in [0.1, 0.15) is 6.79 Å². The molecule has 1 aliphatic heterocycles. The van der Waals surface area contributed by atoms with Crippen LogP contribution in [0.25, 0.3) is 0 Å².